The summed E-state index contributed by atoms with van der Waals surface area (Å²) in [7, 11) is 0. The molecule has 1 unspecified atom stereocenters. The Hall–Kier alpha value is -3.22. The van der Waals surface area contributed by atoms with E-state index in [1.165, 1.54) is 24.5 Å². The molecule has 0 spiro atoms. The molecular formula is C27H34F5N7O. The predicted molar refractivity (Wildman–Crippen MR) is 140 cm³/mol. The van der Waals surface area contributed by atoms with Crippen molar-refractivity contribution < 1.29 is 26.7 Å². The first-order valence-corrected chi connectivity index (χ1v) is 13.8. The van der Waals surface area contributed by atoms with E-state index < -0.39 is 29.6 Å². The Morgan fingerprint density at radius 2 is 1.95 bits per heavy atom. The zero-order valence-corrected chi connectivity index (χ0v) is 22.1. The molecule has 13 heteroatoms. The molecule has 8 nitrogen and oxygen atoms in total. The van der Waals surface area contributed by atoms with E-state index in [9.17, 15) is 26.7 Å². The highest BCUT2D eigenvalue weighted by Crippen LogP contribution is 2.40. The summed E-state index contributed by atoms with van der Waals surface area (Å²) < 4.78 is 71.0. The maximum absolute atomic E-state index is 13.9. The van der Waals surface area contributed by atoms with E-state index in [-0.39, 0.29) is 42.1 Å². The van der Waals surface area contributed by atoms with Crippen molar-refractivity contribution in [3.63, 3.8) is 0 Å². The summed E-state index contributed by atoms with van der Waals surface area (Å²) >= 11 is 0. The third-order valence-corrected chi connectivity index (χ3v) is 7.84. The summed E-state index contributed by atoms with van der Waals surface area (Å²) in [4.78, 5) is 15.2. The Morgan fingerprint density at radius 1 is 1.18 bits per heavy atom. The number of alkyl halides is 5. The van der Waals surface area contributed by atoms with E-state index in [0.29, 0.717) is 32.4 Å². The van der Waals surface area contributed by atoms with E-state index in [1.54, 1.807) is 15.6 Å². The lowest BCUT2D eigenvalue weighted by molar-refractivity contribution is -0.137. The van der Waals surface area contributed by atoms with E-state index >= 15 is 0 Å². The van der Waals surface area contributed by atoms with Gasteiger partial charge in [0.05, 0.1) is 23.8 Å². The van der Waals surface area contributed by atoms with Crippen LogP contribution in [0.4, 0.5) is 22.0 Å². The highest BCUT2D eigenvalue weighted by atomic mass is 19.4. The SMILES string of the molecule is O=C(N[C@@H](CCN1CCCC(F)(F)C1)CC1NC=NN1)c1cc(-c2ccccc2C(F)(F)F)n(C2CCCC2)n1. The van der Waals surface area contributed by atoms with Crippen molar-refractivity contribution in [3.05, 3.63) is 41.6 Å². The molecule has 1 aromatic carbocycles. The van der Waals surface area contributed by atoms with Crippen molar-refractivity contribution in [2.24, 2.45) is 5.10 Å². The predicted octanol–water partition coefficient (Wildman–Crippen LogP) is 4.76. The molecule has 3 N–H and O–H groups in total. The number of nitrogens with zero attached hydrogens (tertiary/aromatic N) is 4. The first-order valence-electron chi connectivity index (χ1n) is 13.8. The fourth-order valence-corrected chi connectivity index (χ4v) is 5.87. The number of carbonyl (C=O) groups excluding carboxylic acids is 1. The Bertz CT molecular complexity index is 1200. The van der Waals surface area contributed by atoms with Gasteiger partial charge in [0.2, 0.25) is 0 Å². The molecule has 0 bridgehead atoms. The Labute approximate surface area is 229 Å². The molecular weight excluding hydrogens is 533 g/mol. The lowest BCUT2D eigenvalue weighted by Crippen LogP contribution is -2.47. The van der Waals surface area contributed by atoms with Crippen molar-refractivity contribution in [2.75, 3.05) is 19.6 Å². The van der Waals surface area contributed by atoms with Gasteiger partial charge in [-0.25, -0.2) is 8.78 Å². The molecule has 1 aliphatic carbocycles. The number of hydrogen-bond donors (Lipinski definition) is 3. The smallest absolute Gasteiger partial charge is 0.354 e. The topological polar surface area (TPSA) is 86.6 Å². The molecule has 218 valence electrons. The van der Waals surface area contributed by atoms with E-state index in [4.69, 9.17) is 0 Å². The molecule has 1 saturated heterocycles. The van der Waals surface area contributed by atoms with Crippen LogP contribution in [0.25, 0.3) is 11.3 Å². The van der Waals surface area contributed by atoms with E-state index in [2.05, 4.69) is 26.3 Å². The van der Waals surface area contributed by atoms with E-state index in [0.717, 1.165) is 31.7 Å². The molecule has 1 amide bonds. The minimum absolute atomic E-state index is 0.0208. The average molecular weight is 568 g/mol. The molecule has 1 saturated carbocycles. The van der Waals surface area contributed by atoms with Gasteiger partial charge < -0.3 is 10.6 Å². The monoisotopic (exact) mass is 567 g/mol. The molecule has 2 fully saturated rings. The number of aromatic nitrogens is 2. The molecule has 3 aliphatic rings. The molecule has 1 aromatic heterocycles. The van der Waals surface area contributed by atoms with Crippen LogP contribution in [-0.4, -0.2) is 64.7 Å². The van der Waals surface area contributed by atoms with Gasteiger partial charge >= 0.3 is 6.18 Å². The molecule has 5 rings (SSSR count). The molecule has 3 heterocycles. The van der Waals surface area contributed by atoms with Crippen LogP contribution >= 0.6 is 0 Å². The molecule has 2 aromatic rings. The van der Waals surface area contributed by atoms with Crippen LogP contribution in [0.15, 0.2) is 35.4 Å². The standard InChI is InChI=1S/C27H34F5N7O/c28-26(29)11-5-12-38(16-26)13-10-18(14-24-33-17-34-36-24)35-25(40)22-15-23(39(37-22)19-6-1-2-7-19)20-8-3-4-9-21(20)27(30,31)32/h3-4,8-9,15,17-19,24,36H,1-2,5-7,10-14,16H2,(H,33,34)(H,35,40)/t18-,24?/m0/s1. The van der Waals surface area contributed by atoms with Gasteiger partial charge in [-0.3, -0.25) is 19.8 Å². The number of likely N-dealkylation sites (tertiary alicyclic amines) is 1. The summed E-state index contributed by atoms with van der Waals surface area (Å²) in [6.45, 7) is 0.617. The minimum Gasteiger partial charge on any atom is -0.354 e. The van der Waals surface area contributed by atoms with Gasteiger partial charge in [-0.2, -0.15) is 23.4 Å². The Balaban J connectivity index is 1.37. The van der Waals surface area contributed by atoms with Gasteiger partial charge in [-0.1, -0.05) is 31.0 Å². The number of rotatable bonds is 9. The second-order valence-corrected chi connectivity index (χ2v) is 10.9. The average Bonchev–Trinajstić information content (AvgIpc) is 3.68. The zero-order chi connectivity index (χ0) is 28.3. The van der Waals surface area contributed by atoms with Crippen molar-refractivity contribution in [1.29, 1.82) is 0 Å². The van der Waals surface area contributed by atoms with Crippen LogP contribution < -0.4 is 16.1 Å². The van der Waals surface area contributed by atoms with Crippen LogP contribution in [-0.2, 0) is 6.18 Å². The van der Waals surface area contributed by atoms with Gasteiger partial charge in [0.1, 0.15) is 12.5 Å². The maximum atomic E-state index is 13.9. The third kappa shape index (κ3) is 6.73. The summed E-state index contributed by atoms with van der Waals surface area (Å²) in [5.41, 5.74) is 2.37. The number of amides is 1. The number of benzene rings is 1. The normalized spacial score (nSPS) is 22.2. The lowest BCUT2D eigenvalue weighted by atomic mass is 10.0. The van der Waals surface area contributed by atoms with Crippen LogP contribution in [0.2, 0.25) is 0 Å². The second-order valence-electron chi connectivity index (χ2n) is 10.9. The van der Waals surface area contributed by atoms with Crippen molar-refractivity contribution >= 4 is 12.2 Å². The molecule has 2 aliphatic heterocycles. The Kier molecular flexibility index (Phi) is 8.29. The quantitative estimate of drug-likeness (QED) is 0.381. The van der Waals surface area contributed by atoms with Crippen LogP contribution in [0, 0.1) is 0 Å². The summed E-state index contributed by atoms with van der Waals surface area (Å²) in [6, 6.07) is 6.23. The summed E-state index contributed by atoms with van der Waals surface area (Å²) in [6.07, 6.45) is 1.21. The first kappa shape index (κ1) is 28.3. The number of hydrazone groups is 1. The number of piperidine rings is 1. The Morgan fingerprint density at radius 3 is 2.65 bits per heavy atom. The number of nitrogens with one attached hydrogen (secondary N) is 3. The van der Waals surface area contributed by atoms with Crippen molar-refractivity contribution in [1.82, 2.24) is 30.7 Å². The first-order chi connectivity index (χ1) is 19.1. The third-order valence-electron chi connectivity index (χ3n) is 7.84. The van der Waals surface area contributed by atoms with E-state index in [1.807, 2.05) is 0 Å². The zero-order valence-electron chi connectivity index (χ0n) is 22.1. The van der Waals surface area contributed by atoms with Gasteiger partial charge in [0.25, 0.3) is 11.8 Å². The van der Waals surface area contributed by atoms with Gasteiger partial charge in [-0.15, -0.1) is 0 Å². The fraction of sp³-hybridized carbons (Fsp3) is 0.593. The van der Waals surface area contributed by atoms with Gasteiger partial charge in [-0.05, 0) is 44.4 Å². The number of halogens is 5. The number of hydrogen-bond acceptors (Lipinski definition) is 6. The van der Waals surface area contributed by atoms with Crippen molar-refractivity contribution in [3.8, 4) is 11.3 Å². The van der Waals surface area contributed by atoms with Crippen LogP contribution in [0.1, 0.15) is 73.5 Å². The van der Waals surface area contributed by atoms with Crippen LogP contribution in [0.3, 0.4) is 0 Å². The van der Waals surface area contributed by atoms with Crippen molar-refractivity contribution in [2.45, 2.75) is 81.7 Å². The molecule has 2 atom stereocenters. The summed E-state index contributed by atoms with van der Waals surface area (Å²) in [5, 5.41) is 14.4. The lowest BCUT2D eigenvalue weighted by Gasteiger charge is -2.33. The van der Waals surface area contributed by atoms with Crippen LogP contribution in [0.5, 0.6) is 0 Å². The number of carbonyl (C=O) groups is 1. The van der Waals surface area contributed by atoms with Gasteiger partial charge in [0.15, 0.2) is 5.69 Å². The largest absolute Gasteiger partial charge is 0.417 e. The van der Waals surface area contributed by atoms with Gasteiger partial charge in [0, 0.05) is 31.0 Å². The second kappa shape index (κ2) is 11.7. The maximum Gasteiger partial charge on any atom is 0.417 e. The highest BCUT2D eigenvalue weighted by Gasteiger charge is 2.37. The summed E-state index contributed by atoms with van der Waals surface area (Å²) in [5.74, 6) is -3.24. The highest BCUT2D eigenvalue weighted by molar-refractivity contribution is 5.93. The minimum atomic E-state index is -4.57. The molecule has 40 heavy (non-hydrogen) atoms. The molecule has 0 radical (unpaired) electrons. The fourth-order valence-electron chi connectivity index (χ4n) is 5.87.